The van der Waals surface area contributed by atoms with Crippen LogP contribution < -0.4 is 5.32 Å². The largest absolute Gasteiger partial charge is 0.351 e. The van der Waals surface area contributed by atoms with Gasteiger partial charge in [0.1, 0.15) is 0 Å². The van der Waals surface area contributed by atoms with E-state index in [0.29, 0.717) is 6.54 Å². The van der Waals surface area contributed by atoms with E-state index < -0.39 is 0 Å². The molecule has 3 nitrogen and oxygen atoms in total. The Bertz CT molecular complexity index is 508. The van der Waals surface area contributed by atoms with E-state index in [1.807, 2.05) is 24.3 Å². The van der Waals surface area contributed by atoms with Crippen LogP contribution in [0.5, 0.6) is 0 Å². The fourth-order valence-corrected chi connectivity index (χ4v) is 2.51. The Labute approximate surface area is 111 Å². The maximum Gasteiger partial charge on any atom is 0.261 e. The maximum absolute atomic E-state index is 11.9. The molecule has 4 heteroatoms. The van der Waals surface area contributed by atoms with Crippen molar-refractivity contribution >= 4 is 17.2 Å². The third-order valence-corrected chi connectivity index (χ3v) is 3.91. The third-order valence-electron chi connectivity index (χ3n) is 2.68. The molecule has 2 heterocycles. The number of carbonyl (C=O) groups excluding carboxylic acids is 1. The molecule has 0 aliphatic carbocycles. The summed E-state index contributed by atoms with van der Waals surface area (Å²) in [6.45, 7) is 2.75. The number of nitrogens with zero attached hydrogens (tertiary/aromatic N) is 1. The van der Waals surface area contributed by atoms with Gasteiger partial charge < -0.3 is 5.32 Å². The molecule has 0 unspecified atom stereocenters. The highest BCUT2D eigenvalue weighted by Crippen LogP contribution is 2.16. The summed E-state index contributed by atoms with van der Waals surface area (Å²) in [6, 6.07) is 7.84. The Balaban J connectivity index is 1.81. The van der Waals surface area contributed by atoms with E-state index in [1.165, 1.54) is 10.4 Å². The second kappa shape index (κ2) is 6.31. The first-order valence-electron chi connectivity index (χ1n) is 6.05. The molecule has 0 aliphatic heterocycles. The van der Waals surface area contributed by atoms with Crippen molar-refractivity contribution in [1.82, 2.24) is 10.3 Å². The van der Waals surface area contributed by atoms with Crippen LogP contribution in [0.15, 0.2) is 36.7 Å². The molecule has 2 aromatic heterocycles. The van der Waals surface area contributed by atoms with E-state index in [-0.39, 0.29) is 5.91 Å². The molecule has 18 heavy (non-hydrogen) atoms. The summed E-state index contributed by atoms with van der Waals surface area (Å²) in [4.78, 5) is 17.9. The van der Waals surface area contributed by atoms with Gasteiger partial charge in [0.15, 0.2) is 0 Å². The third kappa shape index (κ3) is 3.40. The van der Waals surface area contributed by atoms with Crippen molar-refractivity contribution in [3.05, 3.63) is 52.0 Å². The maximum atomic E-state index is 11.9. The van der Waals surface area contributed by atoms with E-state index in [1.54, 1.807) is 23.7 Å². The first-order chi connectivity index (χ1) is 8.79. The van der Waals surface area contributed by atoms with Crippen LogP contribution in [0.3, 0.4) is 0 Å². The van der Waals surface area contributed by atoms with Gasteiger partial charge in [-0.25, -0.2) is 0 Å². The Morgan fingerprint density at radius 3 is 2.72 bits per heavy atom. The van der Waals surface area contributed by atoms with Crippen molar-refractivity contribution < 1.29 is 4.79 Å². The standard InChI is InChI=1S/C14H16N2OS/c1-2-12-3-4-13(18-12)14(17)16-10-7-11-5-8-15-9-6-11/h3-6,8-9H,2,7,10H2,1H3,(H,16,17). The lowest BCUT2D eigenvalue weighted by Crippen LogP contribution is -2.24. The number of hydrogen-bond donors (Lipinski definition) is 1. The van der Waals surface area contributed by atoms with Gasteiger partial charge in [-0.05, 0) is 42.7 Å². The van der Waals surface area contributed by atoms with Crippen LogP contribution in [0.4, 0.5) is 0 Å². The summed E-state index contributed by atoms with van der Waals surface area (Å²) in [6.07, 6.45) is 5.35. The molecule has 0 fully saturated rings. The SMILES string of the molecule is CCc1ccc(C(=O)NCCc2ccncc2)s1. The summed E-state index contributed by atoms with van der Waals surface area (Å²) in [5.74, 6) is 0.0220. The van der Waals surface area contributed by atoms with E-state index in [0.717, 1.165) is 17.7 Å². The number of amides is 1. The molecule has 0 bridgehead atoms. The van der Waals surface area contributed by atoms with Gasteiger partial charge in [0, 0.05) is 23.8 Å². The predicted molar refractivity (Wildman–Crippen MR) is 74.0 cm³/mol. The molecule has 2 aromatic rings. The van der Waals surface area contributed by atoms with E-state index in [9.17, 15) is 4.79 Å². The number of carbonyl (C=O) groups is 1. The first-order valence-corrected chi connectivity index (χ1v) is 6.87. The zero-order valence-corrected chi connectivity index (χ0v) is 11.2. The number of aromatic nitrogens is 1. The number of nitrogens with one attached hydrogen (secondary N) is 1. The number of hydrogen-bond acceptors (Lipinski definition) is 3. The van der Waals surface area contributed by atoms with Crippen LogP contribution in [0.2, 0.25) is 0 Å². The lowest BCUT2D eigenvalue weighted by atomic mass is 10.2. The fourth-order valence-electron chi connectivity index (χ4n) is 1.65. The number of pyridine rings is 1. The minimum Gasteiger partial charge on any atom is -0.351 e. The van der Waals surface area contributed by atoms with Gasteiger partial charge in [0.25, 0.3) is 5.91 Å². The van der Waals surface area contributed by atoms with Crippen LogP contribution in [-0.4, -0.2) is 17.4 Å². The van der Waals surface area contributed by atoms with Gasteiger partial charge in [0.2, 0.25) is 0 Å². The summed E-state index contributed by atoms with van der Waals surface area (Å²) in [7, 11) is 0. The molecule has 0 saturated heterocycles. The van der Waals surface area contributed by atoms with Crippen LogP contribution in [0.1, 0.15) is 27.0 Å². The average Bonchev–Trinajstić information content (AvgIpc) is 2.89. The molecule has 0 aromatic carbocycles. The van der Waals surface area contributed by atoms with Gasteiger partial charge in [-0.15, -0.1) is 11.3 Å². The lowest BCUT2D eigenvalue weighted by Gasteiger charge is -2.03. The molecule has 2 rings (SSSR count). The molecule has 0 spiro atoms. The van der Waals surface area contributed by atoms with Crippen LogP contribution in [0, 0.1) is 0 Å². The second-order valence-corrected chi connectivity index (χ2v) is 5.15. The van der Waals surface area contributed by atoms with E-state index in [4.69, 9.17) is 0 Å². The highest BCUT2D eigenvalue weighted by Gasteiger charge is 2.07. The number of aryl methyl sites for hydroxylation is 1. The summed E-state index contributed by atoms with van der Waals surface area (Å²) < 4.78 is 0. The Hall–Kier alpha value is -1.68. The minimum atomic E-state index is 0.0220. The van der Waals surface area contributed by atoms with Gasteiger partial charge in [-0.3, -0.25) is 9.78 Å². The minimum absolute atomic E-state index is 0.0220. The molecule has 0 atom stereocenters. The Morgan fingerprint density at radius 2 is 2.06 bits per heavy atom. The van der Waals surface area contributed by atoms with Crippen LogP contribution >= 0.6 is 11.3 Å². The van der Waals surface area contributed by atoms with E-state index >= 15 is 0 Å². The lowest BCUT2D eigenvalue weighted by molar-refractivity contribution is 0.0958. The van der Waals surface area contributed by atoms with Crippen molar-refractivity contribution in [2.24, 2.45) is 0 Å². The molecule has 94 valence electrons. The van der Waals surface area contributed by atoms with Gasteiger partial charge in [-0.2, -0.15) is 0 Å². The monoisotopic (exact) mass is 260 g/mol. The highest BCUT2D eigenvalue weighted by molar-refractivity contribution is 7.14. The normalized spacial score (nSPS) is 10.3. The van der Waals surface area contributed by atoms with Crippen molar-refractivity contribution in [1.29, 1.82) is 0 Å². The zero-order chi connectivity index (χ0) is 12.8. The van der Waals surface area contributed by atoms with Crippen molar-refractivity contribution in [2.75, 3.05) is 6.54 Å². The van der Waals surface area contributed by atoms with Crippen molar-refractivity contribution in [3.63, 3.8) is 0 Å². The summed E-state index contributed by atoms with van der Waals surface area (Å²) in [5, 5.41) is 2.94. The smallest absolute Gasteiger partial charge is 0.261 e. The van der Waals surface area contributed by atoms with Crippen molar-refractivity contribution in [2.45, 2.75) is 19.8 Å². The van der Waals surface area contributed by atoms with Crippen LogP contribution in [0.25, 0.3) is 0 Å². The molecule has 0 aliphatic rings. The molecule has 1 N–H and O–H groups in total. The first kappa shape index (κ1) is 12.8. The molecule has 0 saturated carbocycles. The summed E-state index contributed by atoms with van der Waals surface area (Å²) >= 11 is 1.57. The average molecular weight is 260 g/mol. The quantitative estimate of drug-likeness (QED) is 0.898. The number of rotatable bonds is 5. The molecular formula is C14H16N2OS. The molecule has 0 radical (unpaired) electrons. The van der Waals surface area contributed by atoms with E-state index in [2.05, 4.69) is 17.2 Å². The number of thiophene rings is 1. The van der Waals surface area contributed by atoms with Gasteiger partial charge in [-0.1, -0.05) is 6.92 Å². The van der Waals surface area contributed by atoms with Crippen LogP contribution in [-0.2, 0) is 12.8 Å². The Morgan fingerprint density at radius 1 is 1.28 bits per heavy atom. The molecular weight excluding hydrogens is 244 g/mol. The van der Waals surface area contributed by atoms with Crippen molar-refractivity contribution in [3.8, 4) is 0 Å². The summed E-state index contributed by atoms with van der Waals surface area (Å²) in [5.41, 5.74) is 1.19. The topological polar surface area (TPSA) is 42.0 Å². The Kier molecular flexibility index (Phi) is 4.47. The predicted octanol–water partition coefficient (Wildman–Crippen LogP) is 2.68. The van der Waals surface area contributed by atoms with Gasteiger partial charge in [0.05, 0.1) is 4.88 Å². The van der Waals surface area contributed by atoms with Gasteiger partial charge >= 0.3 is 0 Å². The fraction of sp³-hybridized carbons (Fsp3) is 0.286. The zero-order valence-electron chi connectivity index (χ0n) is 10.3. The molecule has 1 amide bonds. The second-order valence-electron chi connectivity index (χ2n) is 3.98. The highest BCUT2D eigenvalue weighted by atomic mass is 32.1.